The largest absolute Gasteiger partial charge is 0.417 e. The number of nitrogens with one attached hydrogen (secondary N) is 2. The van der Waals surface area contributed by atoms with Crippen molar-refractivity contribution in [2.24, 2.45) is 0 Å². The number of likely N-dealkylation sites (N-methyl/N-ethyl adjacent to an activating group) is 1. The van der Waals surface area contributed by atoms with E-state index >= 15 is 0 Å². The normalized spacial score (nSPS) is 16.2. The van der Waals surface area contributed by atoms with Crippen molar-refractivity contribution in [2.45, 2.75) is 43.8 Å². The monoisotopic (exact) mass is 430 g/mol. The van der Waals surface area contributed by atoms with Gasteiger partial charge in [0.1, 0.15) is 5.54 Å². The highest BCUT2D eigenvalue weighted by atomic mass is 35.5. The zero-order valence-corrected chi connectivity index (χ0v) is 16.7. The fraction of sp³-hybridized carbons (Fsp3) is 0.526. The predicted molar refractivity (Wildman–Crippen MR) is 102 cm³/mol. The molecule has 0 spiro atoms. The Morgan fingerprint density at radius 3 is 2.41 bits per heavy atom. The number of amides is 2. The van der Waals surface area contributed by atoms with E-state index in [2.05, 4.69) is 16.7 Å². The Morgan fingerprint density at radius 1 is 1.21 bits per heavy atom. The molecular weight excluding hydrogens is 409 g/mol. The molecule has 1 aliphatic rings. The van der Waals surface area contributed by atoms with Crippen LogP contribution < -0.4 is 10.6 Å². The molecule has 0 radical (unpaired) electrons. The van der Waals surface area contributed by atoms with Crippen LogP contribution in [-0.2, 0) is 15.8 Å². The van der Waals surface area contributed by atoms with Crippen LogP contribution in [-0.4, -0.2) is 42.4 Å². The SMILES string of the molecule is CN(CC(=O)Nc1ccc(Cl)c(C(F)(F)F)c1)CC(=O)NC1(C#N)CCCCC1. The van der Waals surface area contributed by atoms with Crippen LogP contribution in [0.3, 0.4) is 0 Å². The molecule has 10 heteroatoms. The molecule has 2 rings (SSSR count). The Bertz CT molecular complexity index is 802. The summed E-state index contributed by atoms with van der Waals surface area (Å²) in [6.07, 6.45) is -0.683. The lowest BCUT2D eigenvalue weighted by atomic mass is 9.83. The number of benzene rings is 1. The summed E-state index contributed by atoms with van der Waals surface area (Å²) in [4.78, 5) is 25.8. The van der Waals surface area contributed by atoms with E-state index in [1.165, 1.54) is 18.0 Å². The van der Waals surface area contributed by atoms with Gasteiger partial charge in [-0.05, 0) is 38.1 Å². The standard InChI is InChI=1S/C19H22ClF3N4O2/c1-27(11-17(29)26-18(12-24)7-3-2-4-8-18)10-16(28)25-13-5-6-15(20)14(9-13)19(21,22)23/h5-6,9H,2-4,7-8,10-11H2,1H3,(H,25,28)(H,26,29). The van der Waals surface area contributed by atoms with Gasteiger partial charge in [0.25, 0.3) is 0 Å². The lowest BCUT2D eigenvalue weighted by Crippen LogP contribution is -2.51. The minimum atomic E-state index is -4.64. The van der Waals surface area contributed by atoms with Crippen molar-refractivity contribution in [3.63, 3.8) is 0 Å². The molecule has 0 aromatic heterocycles. The van der Waals surface area contributed by atoms with Gasteiger partial charge in [-0.15, -0.1) is 0 Å². The van der Waals surface area contributed by atoms with Gasteiger partial charge in [0.15, 0.2) is 0 Å². The van der Waals surface area contributed by atoms with Gasteiger partial charge >= 0.3 is 6.18 Å². The first-order chi connectivity index (χ1) is 13.5. The number of nitriles is 1. The van der Waals surface area contributed by atoms with Crippen LogP contribution in [0.1, 0.15) is 37.7 Å². The summed E-state index contributed by atoms with van der Waals surface area (Å²) in [5, 5.41) is 14.1. The molecular formula is C19H22ClF3N4O2. The molecule has 0 heterocycles. The molecule has 2 N–H and O–H groups in total. The Morgan fingerprint density at radius 2 is 1.83 bits per heavy atom. The average molecular weight is 431 g/mol. The second kappa shape index (κ2) is 9.46. The third-order valence-electron chi connectivity index (χ3n) is 4.68. The summed E-state index contributed by atoms with van der Waals surface area (Å²) in [5.41, 5.74) is -1.95. The van der Waals surface area contributed by atoms with E-state index in [4.69, 9.17) is 11.6 Å². The second-order valence-corrected chi connectivity index (χ2v) is 7.62. The summed E-state index contributed by atoms with van der Waals surface area (Å²) in [5.74, 6) is -0.960. The second-order valence-electron chi connectivity index (χ2n) is 7.22. The molecule has 1 fully saturated rings. The van der Waals surface area contributed by atoms with Crippen LogP contribution >= 0.6 is 11.6 Å². The Hall–Kier alpha value is -2.31. The Labute approximate surface area is 172 Å². The van der Waals surface area contributed by atoms with Crippen LogP contribution in [0, 0.1) is 11.3 Å². The summed E-state index contributed by atoms with van der Waals surface area (Å²) in [6, 6.07) is 5.27. The number of rotatable bonds is 6. The van der Waals surface area contributed by atoms with Gasteiger partial charge in [0.2, 0.25) is 11.8 Å². The topological polar surface area (TPSA) is 85.2 Å². The first-order valence-corrected chi connectivity index (χ1v) is 9.50. The van der Waals surface area contributed by atoms with Gasteiger partial charge in [0.05, 0.1) is 29.7 Å². The summed E-state index contributed by atoms with van der Waals surface area (Å²) in [6.45, 7) is -0.331. The van der Waals surface area contributed by atoms with Gasteiger partial charge in [-0.3, -0.25) is 14.5 Å². The third kappa shape index (κ3) is 6.61. The Kier molecular flexibility index (Phi) is 7.49. The molecule has 1 aromatic rings. The van der Waals surface area contributed by atoms with Crippen LogP contribution in [0.2, 0.25) is 5.02 Å². The molecule has 1 aromatic carbocycles. The molecule has 0 bridgehead atoms. The highest BCUT2D eigenvalue weighted by molar-refractivity contribution is 6.31. The maximum Gasteiger partial charge on any atom is 0.417 e. The number of carbonyl (C=O) groups is 2. The van der Waals surface area contributed by atoms with E-state index in [1.54, 1.807) is 0 Å². The van der Waals surface area contributed by atoms with Crippen molar-refractivity contribution in [2.75, 3.05) is 25.5 Å². The summed E-state index contributed by atoms with van der Waals surface area (Å²) in [7, 11) is 1.53. The van der Waals surface area contributed by atoms with Crippen LogP contribution in [0.4, 0.5) is 18.9 Å². The highest BCUT2D eigenvalue weighted by Gasteiger charge is 2.34. The quantitative estimate of drug-likeness (QED) is 0.722. The molecule has 1 aliphatic carbocycles. The maximum atomic E-state index is 12.9. The van der Waals surface area contributed by atoms with Crippen molar-refractivity contribution in [1.82, 2.24) is 10.2 Å². The van der Waals surface area contributed by atoms with Crippen molar-refractivity contribution in [3.05, 3.63) is 28.8 Å². The Balaban J connectivity index is 1.89. The molecule has 0 aliphatic heterocycles. The highest BCUT2D eigenvalue weighted by Crippen LogP contribution is 2.36. The van der Waals surface area contributed by atoms with Crippen molar-refractivity contribution < 1.29 is 22.8 Å². The average Bonchev–Trinajstić information content (AvgIpc) is 2.62. The fourth-order valence-corrected chi connectivity index (χ4v) is 3.52. The predicted octanol–water partition coefficient (Wildman–Crippen LogP) is 3.57. The molecule has 0 atom stereocenters. The minimum absolute atomic E-state index is 0.0461. The van der Waals surface area contributed by atoms with Gasteiger partial charge in [-0.1, -0.05) is 30.9 Å². The van der Waals surface area contributed by atoms with E-state index in [1.807, 2.05) is 0 Å². The lowest BCUT2D eigenvalue weighted by Gasteiger charge is -2.32. The lowest BCUT2D eigenvalue weighted by molar-refractivity contribution is -0.137. The molecule has 2 amide bonds. The van der Waals surface area contributed by atoms with Gasteiger partial charge < -0.3 is 10.6 Å². The first-order valence-electron chi connectivity index (χ1n) is 9.12. The van der Waals surface area contributed by atoms with Crippen molar-refractivity contribution >= 4 is 29.1 Å². The third-order valence-corrected chi connectivity index (χ3v) is 5.01. The number of halogens is 4. The molecule has 1 saturated carbocycles. The van der Waals surface area contributed by atoms with Crippen LogP contribution in [0.5, 0.6) is 0 Å². The number of hydrogen-bond acceptors (Lipinski definition) is 4. The minimum Gasteiger partial charge on any atom is -0.337 e. The van der Waals surface area contributed by atoms with E-state index in [9.17, 15) is 28.0 Å². The first kappa shape index (κ1) is 23.0. The number of alkyl halides is 3. The number of hydrogen-bond donors (Lipinski definition) is 2. The van der Waals surface area contributed by atoms with Gasteiger partial charge in [-0.25, -0.2) is 0 Å². The molecule has 0 saturated heterocycles. The fourth-order valence-electron chi connectivity index (χ4n) is 3.29. The molecule has 158 valence electrons. The maximum absolute atomic E-state index is 12.9. The summed E-state index contributed by atoms with van der Waals surface area (Å²) < 4.78 is 38.7. The van der Waals surface area contributed by atoms with Crippen molar-refractivity contribution in [1.29, 1.82) is 5.26 Å². The van der Waals surface area contributed by atoms with E-state index in [0.717, 1.165) is 31.4 Å². The zero-order valence-electron chi connectivity index (χ0n) is 15.9. The number of anilines is 1. The molecule has 6 nitrogen and oxygen atoms in total. The van der Waals surface area contributed by atoms with Gasteiger partial charge in [-0.2, -0.15) is 18.4 Å². The van der Waals surface area contributed by atoms with E-state index < -0.39 is 28.2 Å². The number of carbonyl (C=O) groups excluding carboxylic acids is 2. The van der Waals surface area contributed by atoms with Crippen LogP contribution in [0.15, 0.2) is 18.2 Å². The van der Waals surface area contributed by atoms with Gasteiger partial charge in [0, 0.05) is 5.69 Å². The van der Waals surface area contributed by atoms with E-state index in [-0.39, 0.29) is 24.7 Å². The number of nitrogens with zero attached hydrogens (tertiary/aromatic N) is 2. The molecule has 0 unspecified atom stereocenters. The molecule has 29 heavy (non-hydrogen) atoms. The van der Waals surface area contributed by atoms with Crippen LogP contribution in [0.25, 0.3) is 0 Å². The smallest absolute Gasteiger partial charge is 0.337 e. The zero-order chi connectivity index (χ0) is 21.7. The van der Waals surface area contributed by atoms with Crippen molar-refractivity contribution in [3.8, 4) is 6.07 Å². The summed E-state index contributed by atoms with van der Waals surface area (Å²) >= 11 is 5.55. The van der Waals surface area contributed by atoms with E-state index in [0.29, 0.717) is 12.8 Å².